The van der Waals surface area contributed by atoms with E-state index in [0.717, 1.165) is 36.0 Å². The molecule has 0 unspecified atom stereocenters. The van der Waals surface area contributed by atoms with Crippen LogP contribution in [0, 0.1) is 5.92 Å². The monoisotopic (exact) mass is 396 g/mol. The van der Waals surface area contributed by atoms with Crippen LogP contribution in [0.4, 0.5) is 0 Å². The maximum absolute atomic E-state index is 11.7. The van der Waals surface area contributed by atoms with Crippen LogP contribution in [0.3, 0.4) is 0 Å². The molecule has 0 saturated carbocycles. The molecule has 0 bridgehead atoms. The van der Waals surface area contributed by atoms with Crippen molar-refractivity contribution >= 4 is 16.0 Å². The molecule has 27 heavy (non-hydrogen) atoms. The van der Waals surface area contributed by atoms with Gasteiger partial charge in [-0.2, -0.15) is 0 Å². The van der Waals surface area contributed by atoms with Gasteiger partial charge in [0.15, 0.2) is 5.96 Å². The molecule has 1 aromatic rings. The van der Waals surface area contributed by atoms with Gasteiger partial charge in [-0.1, -0.05) is 63.8 Å². The van der Waals surface area contributed by atoms with E-state index in [2.05, 4.69) is 34.2 Å². The van der Waals surface area contributed by atoms with Gasteiger partial charge in [-0.3, -0.25) is 4.99 Å². The molecule has 0 aromatic heterocycles. The lowest BCUT2D eigenvalue weighted by molar-refractivity contribution is 0.518. The van der Waals surface area contributed by atoms with Gasteiger partial charge < -0.3 is 10.6 Å². The lowest BCUT2D eigenvalue weighted by atomic mass is 10.0. The van der Waals surface area contributed by atoms with Gasteiger partial charge in [0.25, 0.3) is 0 Å². The number of unbranched alkanes of at least 4 members (excludes halogenated alkanes) is 3. The lowest BCUT2D eigenvalue weighted by Gasteiger charge is -2.13. The first-order chi connectivity index (χ1) is 12.9. The van der Waals surface area contributed by atoms with Gasteiger partial charge in [-0.25, -0.2) is 13.1 Å². The Hall–Kier alpha value is -1.60. The third-order valence-electron chi connectivity index (χ3n) is 4.34. The second-order valence-corrected chi connectivity index (χ2v) is 9.16. The number of nitrogens with one attached hydrogen (secondary N) is 3. The predicted molar refractivity (Wildman–Crippen MR) is 114 cm³/mol. The van der Waals surface area contributed by atoms with Crippen molar-refractivity contribution in [2.75, 3.05) is 20.6 Å². The molecule has 7 heteroatoms. The first kappa shape index (κ1) is 23.4. The minimum absolute atomic E-state index is 0.0128. The van der Waals surface area contributed by atoms with Gasteiger partial charge in [0.1, 0.15) is 0 Å². The molecule has 0 atom stereocenters. The smallest absolute Gasteiger partial charge is 0.215 e. The minimum atomic E-state index is -3.26. The molecule has 0 saturated heterocycles. The van der Waals surface area contributed by atoms with Gasteiger partial charge in [0.05, 0.1) is 5.75 Å². The number of hydrogen-bond donors (Lipinski definition) is 3. The summed E-state index contributed by atoms with van der Waals surface area (Å²) >= 11 is 0. The quantitative estimate of drug-likeness (QED) is 0.288. The van der Waals surface area contributed by atoms with Crippen molar-refractivity contribution in [1.82, 2.24) is 15.4 Å². The van der Waals surface area contributed by atoms with Crippen molar-refractivity contribution in [2.45, 2.75) is 58.2 Å². The molecule has 0 fully saturated rings. The Morgan fingerprint density at radius 3 is 2.44 bits per heavy atom. The van der Waals surface area contributed by atoms with Crippen LogP contribution in [0.5, 0.6) is 0 Å². The third kappa shape index (κ3) is 11.0. The highest BCUT2D eigenvalue weighted by atomic mass is 32.2. The van der Waals surface area contributed by atoms with Gasteiger partial charge in [-0.15, -0.1) is 0 Å². The standard InChI is InChI=1S/C20H36N4O2S/c1-17(2)10-7-5-6-8-13-23-20(21-3)24-15-18-11-9-12-19(14-18)16-27(25,26)22-4/h9,11-12,14,17,22H,5-8,10,13,15-16H2,1-4H3,(H2,21,23,24). The van der Waals surface area contributed by atoms with Crippen LogP contribution in [0.15, 0.2) is 29.3 Å². The summed E-state index contributed by atoms with van der Waals surface area (Å²) in [5.41, 5.74) is 1.79. The average Bonchev–Trinajstić information content (AvgIpc) is 2.63. The van der Waals surface area contributed by atoms with E-state index < -0.39 is 10.0 Å². The van der Waals surface area contributed by atoms with Crippen molar-refractivity contribution in [3.05, 3.63) is 35.4 Å². The van der Waals surface area contributed by atoms with Gasteiger partial charge in [0.2, 0.25) is 10.0 Å². The Morgan fingerprint density at radius 1 is 1.07 bits per heavy atom. The summed E-state index contributed by atoms with van der Waals surface area (Å²) in [5.74, 6) is 1.55. The summed E-state index contributed by atoms with van der Waals surface area (Å²) in [5, 5.41) is 6.61. The van der Waals surface area contributed by atoms with E-state index in [1.54, 1.807) is 7.05 Å². The molecule has 0 radical (unpaired) electrons. The summed E-state index contributed by atoms with van der Waals surface area (Å²) < 4.78 is 25.7. The molecule has 0 heterocycles. The van der Waals surface area contributed by atoms with Gasteiger partial charge >= 0.3 is 0 Å². The number of hydrogen-bond acceptors (Lipinski definition) is 3. The third-order valence-corrected chi connectivity index (χ3v) is 5.68. The summed E-state index contributed by atoms with van der Waals surface area (Å²) in [4.78, 5) is 4.24. The van der Waals surface area contributed by atoms with Crippen LogP contribution in [-0.2, 0) is 22.3 Å². The highest BCUT2D eigenvalue weighted by Crippen LogP contribution is 2.09. The van der Waals surface area contributed by atoms with Gasteiger partial charge in [-0.05, 0) is 30.5 Å². The normalized spacial score (nSPS) is 12.4. The van der Waals surface area contributed by atoms with E-state index in [0.29, 0.717) is 6.54 Å². The zero-order valence-corrected chi connectivity index (χ0v) is 18.0. The van der Waals surface area contributed by atoms with Crippen LogP contribution in [0.1, 0.15) is 57.1 Å². The fraction of sp³-hybridized carbons (Fsp3) is 0.650. The summed E-state index contributed by atoms with van der Waals surface area (Å²) in [6.07, 6.45) is 6.28. The first-order valence-corrected chi connectivity index (χ1v) is 11.4. The predicted octanol–water partition coefficient (Wildman–Crippen LogP) is 3.01. The van der Waals surface area contributed by atoms with Crippen molar-refractivity contribution in [3.8, 4) is 0 Å². The highest BCUT2D eigenvalue weighted by Gasteiger charge is 2.09. The van der Waals surface area contributed by atoms with E-state index in [1.807, 2.05) is 24.3 Å². The van der Waals surface area contributed by atoms with E-state index in [1.165, 1.54) is 32.7 Å². The minimum Gasteiger partial charge on any atom is -0.356 e. The number of aliphatic imine (C=N–C) groups is 1. The SMILES string of the molecule is CN=C(NCCCCCCC(C)C)NCc1cccc(CS(=O)(=O)NC)c1. The number of rotatable bonds is 12. The molecule has 154 valence electrons. The molecule has 0 amide bonds. The van der Waals surface area contributed by atoms with Gasteiger partial charge in [0, 0.05) is 20.1 Å². The maximum atomic E-state index is 11.7. The van der Waals surface area contributed by atoms with Crippen molar-refractivity contribution in [1.29, 1.82) is 0 Å². The van der Waals surface area contributed by atoms with Crippen LogP contribution >= 0.6 is 0 Å². The summed E-state index contributed by atoms with van der Waals surface area (Å²) in [6.45, 7) is 6.04. The Balaban J connectivity index is 2.34. The lowest BCUT2D eigenvalue weighted by Crippen LogP contribution is -2.37. The molecule has 1 rings (SSSR count). The zero-order valence-electron chi connectivity index (χ0n) is 17.2. The van der Waals surface area contributed by atoms with Crippen LogP contribution in [0.2, 0.25) is 0 Å². The van der Waals surface area contributed by atoms with E-state index >= 15 is 0 Å². The second-order valence-electron chi connectivity index (χ2n) is 7.23. The fourth-order valence-electron chi connectivity index (χ4n) is 2.77. The molecule has 0 aliphatic rings. The maximum Gasteiger partial charge on any atom is 0.215 e. The number of benzene rings is 1. The molecule has 1 aromatic carbocycles. The van der Waals surface area contributed by atoms with Crippen LogP contribution in [0.25, 0.3) is 0 Å². The van der Waals surface area contributed by atoms with Crippen molar-refractivity contribution in [2.24, 2.45) is 10.9 Å². The van der Waals surface area contributed by atoms with Crippen LogP contribution < -0.4 is 15.4 Å². The van der Waals surface area contributed by atoms with E-state index in [9.17, 15) is 8.42 Å². The fourth-order valence-corrected chi connectivity index (χ4v) is 3.53. The zero-order chi connectivity index (χ0) is 20.1. The summed E-state index contributed by atoms with van der Waals surface area (Å²) in [7, 11) is -0.0693. The largest absolute Gasteiger partial charge is 0.356 e. The first-order valence-electron chi connectivity index (χ1n) is 9.80. The molecular formula is C20H36N4O2S. The molecule has 6 nitrogen and oxygen atoms in total. The number of guanidine groups is 1. The Kier molecular flexibility index (Phi) is 11.0. The molecule has 3 N–H and O–H groups in total. The van der Waals surface area contributed by atoms with E-state index in [-0.39, 0.29) is 5.75 Å². The van der Waals surface area contributed by atoms with Crippen molar-refractivity contribution < 1.29 is 8.42 Å². The molecular weight excluding hydrogens is 360 g/mol. The molecule has 0 aliphatic carbocycles. The Morgan fingerprint density at radius 2 is 1.78 bits per heavy atom. The van der Waals surface area contributed by atoms with Crippen LogP contribution in [-0.4, -0.2) is 35.0 Å². The number of sulfonamides is 1. The Bertz CT molecular complexity index is 672. The Labute approximate surface area is 165 Å². The number of nitrogens with zero attached hydrogens (tertiary/aromatic N) is 1. The molecule has 0 aliphatic heterocycles. The van der Waals surface area contributed by atoms with Crippen molar-refractivity contribution in [3.63, 3.8) is 0 Å². The topological polar surface area (TPSA) is 82.6 Å². The second kappa shape index (κ2) is 12.7. The summed E-state index contributed by atoms with van der Waals surface area (Å²) in [6, 6.07) is 7.59. The highest BCUT2D eigenvalue weighted by molar-refractivity contribution is 7.88. The molecule has 0 spiro atoms. The average molecular weight is 397 g/mol. The van der Waals surface area contributed by atoms with E-state index in [4.69, 9.17) is 0 Å².